The van der Waals surface area contributed by atoms with E-state index in [0.717, 1.165) is 27.8 Å². The average molecular weight is 518 g/mol. The Hall–Kier alpha value is -2.38. The van der Waals surface area contributed by atoms with Crippen LogP contribution in [0.2, 0.25) is 0 Å². The number of rotatable bonds is 10. The Morgan fingerprint density at radius 3 is 1.44 bits per heavy atom. The smallest absolute Gasteiger partial charge is 0.377 e. The second kappa shape index (κ2) is 11.8. The van der Waals surface area contributed by atoms with Crippen molar-refractivity contribution in [1.82, 2.24) is 0 Å². The predicted octanol–water partition coefficient (Wildman–Crippen LogP) is 7.24. The number of nitrogens with one attached hydrogen (secondary N) is 1. The molecule has 0 heterocycles. The first kappa shape index (κ1) is 29.8. The Morgan fingerprint density at radius 1 is 0.694 bits per heavy atom. The van der Waals surface area contributed by atoms with Gasteiger partial charge in [0, 0.05) is 0 Å². The molecule has 2 rings (SSSR count). The molecule has 200 valence electrons. The summed E-state index contributed by atoms with van der Waals surface area (Å²) >= 11 is 0. The van der Waals surface area contributed by atoms with Crippen LogP contribution in [0.4, 0.5) is 5.69 Å². The van der Waals surface area contributed by atoms with E-state index in [1.807, 2.05) is 73.6 Å². The summed E-state index contributed by atoms with van der Waals surface area (Å²) in [6.45, 7) is 20.2. The molecule has 0 radical (unpaired) electrons. The van der Waals surface area contributed by atoms with Crippen LogP contribution < -0.4 is 4.72 Å². The van der Waals surface area contributed by atoms with Crippen molar-refractivity contribution in [2.24, 2.45) is 0 Å². The summed E-state index contributed by atoms with van der Waals surface area (Å²) < 4.78 is 32.9. The molecule has 0 saturated heterocycles. The van der Waals surface area contributed by atoms with Crippen LogP contribution in [-0.4, -0.2) is 19.5 Å². The van der Waals surface area contributed by atoms with E-state index in [-0.39, 0.29) is 29.6 Å². The summed E-state index contributed by atoms with van der Waals surface area (Å²) in [6, 6.07) is 9.49. The maximum atomic E-state index is 13.0. The van der Waals surface area contributed by atoms with Gasteiger partial charge in [0.1, 0.15) is 0 Å². The Bertz CT molecular complexity index is 1120. The third-order valence-electron chi connectivity index (χ3n) is 6.42. The fourth-order valence-electron chi connectivity index (χ4n) is 4.17. The molecule has 2 N–H and O–H groups in total. The lowest BCUT2D eigenvalue weighted by Crippen LogP contribution is -2.26. The van der Waals surface area contributed by atoms with Gasteiger partial charge in [0.05, 0.1) is 5.69 Å². The van der Waals surface area contributed by atoms with E-state index in [4.69, 9.17) is 4.18 Å². The molecule has 2 aromatic rings. The fourth-order valence-corrected chi connectivity index (χ4v) is 4.92. The summed E-state index contributed by atoms with van der Waals surface area (Å²) in [4.78, 5) is 13.0. The molecule has 0 spiro atoms. The van der Waals surface area contributed by atoms with Crippen LogP contribution in [0.1, 0.15) is 138 Å². The standard InChI is InChI=1S/C29H43NO5S/c1-16(2)21-11-22(17(3)4)13-24(12-21)30-36(33,34)35-29(32)28(31)27-25(19(7)8)14-23(18(5)6)15-26(27)20(9)10/h11-20,28,30-31H,1-10H3. The molecule has 1 unspecified atom stereocenters. The van der Waals surface area contributed by atoms with Crippen molar-refractivity contribution in [1.29, 1.82) is 0 Å². The van der Waals surface area contributed by atoms with Gasteiger partial charge >= 0.3 is 16.3 Å². The minimum Gasteiger partial charge on any atom is -0.377 e. The Balaban J connectivity index is 2.42. The number of anilines is 1. The summed E-state index contributed by atoms with van der Waals surface area (Å²) in [5.41, 5.74) is 5.41. The molecule has 0 aliphatic carbocycles. The van der Waals surface area contributed by atoms with Crippen molar-refractivity contribution >= 4 is 22.0 Å². The van der Waals surface area contributed by atoms with Gasteiger partial charge in [0.2, 0.25) is 0 Å². The molecule has 1 atom stereocenters. The summed E-state index contributed by atoms with van der Waals surface area (Å²) in [7, 11) is -4.52. The molecule has 0 amide bonds. The quantitative estimate of drug-likeness (QED) is 0.347. The van der Waals surface area contributed by atoms with Crippen molar-refractivity contribution < 1.29 is 22.5 Å². The zero-order valence-corrected chi connectivity index (χ0v) is 24.2. The van der Waals surface area contributed by atoms with Crippen LogP contribution in [0.15, 0.2) is 30.3 Å². The highest BCUT2D eigenvalue weighted by atomic mass is 32.2. The molecule has 0 saturated carbocycles. The van der Waals surface area contributed by atoms with E-state index >= 15 is 0 Å². The van der Waals surface area contributed by atoms with Crippen LogP contribution in [0.25, 0.3) is 0 Å². The van der Waals surface area contributed by atoms with Crippen LogP contribution in [0.5, 0.6) is 0 Å². The Labute approximate surface area is 217 Å². The first-order valence-electron chi connectivity index (χ1n) is 12.8. The molecule has 6 nitrogen and oxygen atoms in total. The Morgan fingerprint density at radius 2 is 1.08 bits per heavy atom. The lowest BCUT2D eigenvalue weighted by molar-refractivity contribution is -0.143. The van der Waals surface area contributed by atoms with Gasteiger partial charge in [0.25, 0.3) is 0 Å². The van der Waals surface area contributed by atoms with Gasteiger partial charge in [-0.3, -0.25) is 4.72 Å². The van der Waals surface area contributed by atoms with Gasteiger partial charge in [0.15, 0.2) is 6.10 Å². The van der Waals surface area contributed by atoms with Crippen molar-refractivity contribution in [3.05, 3.63) is 63.7 Å². The van der Waals surface area contributed by atoms with Crippen molar-refractivity contribution in [3.63, 3.8) is 0 Å². The second-order valence-electron chi connectivity index (χ2n) is 11.1. The van der Waals surface area contributed by atoms with Crippen molar-refractivity contribution in [2.45, 2.75) is 105 Å². The number of hydrogen-bond donors (Lipinski definition) is 2. The zero-order valence-electron chi connectivity index (χ0n) is 23.3. The van der Waals surface area contributed by atoms with E-state index < -0.39 is 22.4 Å². The molecule has 7 heteroatoms. The maximum absolute atomic E-state index is 13.0. The molecule has 2 aromatic carbocycles. The lowest BCUT2D eigenvalue weighted by atomic mass is 9.82. The third kappa shape index (κ3) is 7.32. The topological polar surface area (TPSA) is 92.7 Å². The maximum Gasteiger partial charge on any atom is 0.410 e. The molecular weight excluding hydrogens is 474 g/mol. The number of carbonyl (C=O) groups excluding carboxylic acids is 1. The normalized spacial score (nSPS) is 13.2. The van der Waals surface area contributed by atoms with E-state index in [1.54, 1.807) is 12.1 Å². The van der Waals surface area contributed by atoms with Crippen LogP contribution >= 0.6 is 0 Å². The minimum atomic E-state index is -4.52. The molecule has 0 aliphatic heterocycles. The van der Waals surface area contributed by atoms with E-state index in [1.165, 1.54) is 0 Å². The number of aliphatic hydroxyl groups is 1. The minimum absolute atomic E-state index is 0.0154. The van der Waals surface area contributed by atoms with Gasteiger partial charge in [-0.15, -0.1) is 0 Å². The summed E-state index contributed by atoms with van der Waals surface area (Å²) in [5.74, 6) is -0.556. The number of benzene rings is 2. The summed E-state index contributed by atoms with van der Waals surface area (Å²) in [6.07, 6.45) is -1.73. The molecule has 0 aromatic heterocycles. The number of aliphatic hydroxyl groups excluding tert-OH is 1. The average Bonchev–Trinajstić information content (AvgIpc) is 2.76. The number of hydrogen-bond acceptors (Lipinski definition) is 5. The van der Waals surface area contributed by atoms with Gasteiger partial charge in [-0.25, -0.2) is 4.79 Å². The molecule has 36 heavy (non-hydrogen) atoms. The highest BCUT2D eigenvalue weighted by Crippen LogP contribution is 2.36. The van der Waals surface area contributed by atoms with E-state index in [9.17, 15) is 18.3 Å². The SMILES string of the molecule is CC(C)c1cc(NS(=O)(=O)OC(=O)C(O)c2c(C(C)C)cc(C(C)C)cc2C(C)C)cc(C(C)C)c1. The Kier molecular flexibility index (Phi) is 9.77. The highest BCUT2D eigenvalue weighted by molar-refractivity contribution is 7.88. The molecular formula is C29H43NO5S. The molecule has 0 fully saturated rings. The van der Waals surface area contributed by atoms with E-state index in [2.05, 4.69) is 18.6 Å². The third-order valence-corrected chi connectivity index (χ3v) is 7.29. The van der Waals surface area contributed by atoms with Crippen molar-refractivity contribution in [2.75, 3.05) is 4.72 Å². The lowest BCUT2D eigenvalue weighted by Gasteiger charge is -2.25. The first-order valence-corrected chi connectivity index (χ1v) is 14.2. The largest absolute Gasteiger partial charge is 0.410 e. The van der Waals surface area contributed by atoms with Gasteiger partial charge in [-0.2, -0.15) is 8.42 Å². The molecule has 0 bridgehead atoms. The van der Waals surface area contributed by atoms with Crippen LogP contribution in [-0.2, 0) is 19.3 Å². The molecule has 0 aliphatic rings. The van der Waals surface area contributed by atoms with Gasteiger partial charge in [-0.1, -0.05) is 87.4 Å². The first-order chi connectivity index (χ1) is 16.5. The monoisotopic (exact) mass is 517 g/mol. The fraction of sp³-hybridized carbons (Fsp3) is 0.552. The highest BCUT2D eigenvalue weighted by Gasteiger charge is 2.31. The zero-order chi connectivity index (χ0) is 27.5. The van der Waals surface area contributed by atoms with Gasteiger partial charge in [-0.05, 0) is 75.1 Å². The van der Waals surface area contributed by atoms with Crippen LogP contribution in [0.3, 0.4) is 0 Å². The summed E-state index contributed by atoms with van der Waals surface area (Å²) in [5, 5.41) is 11.1. The van der Waals surface area contributed by atoms with Gasteiger partial charge < -0.3 is 9.29 Å². The number of carbonyl (C=O) groups is 1. The van der Waals surface area contributed by atoms with Crippen molar-refractivity contribution in [3.8, 4) is 0 Å². The van der Waals surface area contributed by atoms with E-state index in [0.29, 0.717) is 11.3 Å². The van der Waals surface area contributed by atoms with Crippen LogP contribution in [0, 0.1) is 0 Å². The predicted molar refractivity (Wildman–Crippen MR) is 147 cm³/mol. The second-order valence-corrected chi connectivity index (χ2v) is 12.4.